The minimum absolute atomic E-state index is 0. The van der Waals surface area contributed by atoms with Gasteiger partial charge in [0.15, 0.2) is 0 Å². The van der Waals surface area contributed by atoms with E-state index < -0.39 is 0 Å². The van der Waals surface area contributed by atoms with E-state index in [1.807, 2.05) is 23.1 Å². The number of pyridine rings is 1. The maximum absolute atomic E-state index is 6.57. The maximum Gasteiger partial charge on any atom is 2.00 e. The van der Waals surface area contributed by atoms with Crippen LogP contribution in [0.3, 0.4) is 0 Å². The van der Waals surface area contributed by atoms with Gasteiger partial charge in [0.05, 0.1) is 6.20 Å². The molecule has 0 N–H and O–H groups in total. The first kappa shape index (κ1) is 32.5. The van der Waals surface area contributed by atoms with E-state index in [2.05, 4.69) is 138 Å². The van der Waals surface area contributed by atoms with Crippen molar-refractivity contribution in [3.63, 3.8) is 0 Å². The van der Waals surface area contributed by atoms with E-state index in [0.29, 0.717) is 11.5 Å². The van der Waals surface area contributed by atoms with E-state index in [0.717, 1.165) is 50.9 Å². The van der Waals surface area contributed by atoms with Crippen molar-refractivity contribution in [2.24, 2.45) is 0 Å². The molecule has 0 atom stereocenters. The fraction of sp³-hybridized carbons (Fsp3) is 0.220. The molecule has 0 fully saturated rings. The molecule has 7 rings (SSSR count). The van der Waals surface area contributed by atoms with Gasteiger partial charge in [-0.1, -0.05) is 69.1 Å². The molecule has 0 radical (unpaired) electrons. The van der Waals surface area contributed by atoms with Gasteiger partial charge in [-0.15, -0.1) is 41.3 Å². The molecule has 0 aliphatic rings. The summed E-state index contributed by atoms with van der Waals surface area (Å²) < 4.78 is 10.6. The van der Waals surface area contributed by atoms with Gasteiger partial charge in [-0.05, 0) is 84.1 Å². The Morgan fingerprint density at radius 1 is 0.830 bits per heavy atom. The summed E-state index contributed by atoms with van der Waals surface area (Å²) in [6, 6.07) is 32.5. The van der Waals surface area contributed by atoms with Crippen LogP contribution in [0.25, 0.3) is 44.4 Å². The van der Waals surface area contributed by atoms with Crippen LogP contribution in [0.2, 0.25) is 0 Å². The van der Waals surface area contributed by atoms with Crippen molar-refractivity contribution in [1.82, 2.24) is 19.3 Å². The molecule has 5 nitrogen and oxygen atoms in total. The van der Waals surface area contributed by atoms with Gasteiger partial charge in [0, 0.05) is 35.0 Å². The summed E-state index contributed by atoms with van der Waals surface area (Å²) in [7, 11) is 0. The van der Waals surface area contributed by atoms with Crippen molar-refractivity contribution < 1.29 is 25.8 Å². The van der Waals surface area contributed by atoms with Gasteiger partial charge in [0.25, 0.3) is 0 Å². The number of ether oxygens (including phenoxy) is 1. The molecule has 0 saturated carbocycles. The van der Waals surface area contributed by atoms with Crippen molar-refractivity contribution in [3.05, 3.63) is 131 Å². The average molecular weight is 798 g/mol. The Labute approximate surface area is 291 Å². The molecule has 0 amide bonds. The van der Waals surface area contributed by atoms with Crippen LogP contribution >= 0.6 is 0 Å². The predicted octanol–water partition coefficient (Wildman–Crippen LogP) is 10.2. The number of fused-ring (bicyclic) bond motifs is 3. The van der Waals surface area contributed by atoms with Crippen molar-refractivity contribution in [3.8, 4) is 34.1 Å². The number of para-hydroxylation sites is 1. The van der Waals surface area contributed by atoms with Crippen LogP contribution in [-0.4, -0.2) is 19.3 Å². The molecular formula is C41H38N4OPt. The second-order valence-electron chi connectivity index (χ2n) is 13.2. The van der Waals surface area contributed by atoms with Crippen LogP contribution in [0, 0.1) is 32.9 Å². The SMILES string of the molecule is CCc1ccnc(-n2c3[c-]c(Oc4[c-]c(-n5cc(-c6c(C)cc(C)cc6C)cn5)cc(C(C)(C)C)c4)ccc3c3ccccc32)c1.[Pt+2]. The van der Waals surface area contributed by atoms with Crippen LogP contribution < -0.4 is 4.74 Å². The van der Waals surface area contributed by atoms with Crippen LogP contribution in [0.4, 0.5) is 0 Å². The topological polar surface area (TPSA) is 44.9 Å². The third-order valence-corrected chi connectivity index (χ3v) is 8.72. The summed E-state index contributed by atoms with van der Waals surface area (Å²) in [4.78, 5) is 4.75. The number of hydrogen-bond donors (Lipinski definition) is 0. The predicted molar refractivity (Wildman–Crippen MR) is 188 cm³/mol. The summed E-state index contributed by atoms with van der Waals surface area (Å²) in [5.74, 6) is 2.10. The Hall–Kier alpha value is -4.47. The zero-order valence-corrected chi connectivity index (χ0v) is 30.2. The van der Waals surface area contributed by atoms with Gasteiger partial charge in [0.1, 0.15) is 5.82 Å². The first-order valence-corrected chi connectivity index (χ1v) is 15.9. The van der Waals surface area contributed by atoms with Crippen molar-refractivity contribution in [2.45, 2.75) is 60.3 Å². The summed E-state index contributed by atoms with van der Waals surface area (Å²) in [6.45, 7) is 15.2. The smallest absolute Gasteiger partial charge is 0.509 e. The molecule has 0 aliphatic carbocycles. The fourth-order valence-electron chi connectivity index (χ4n) is 6.45. The molecule has 238 valence electrons. The van der Waals surface area contributed by atoms with Crippen molar-refractivity contribution >= 4 is 21.8 Å². The average Bonchev–Trinajstić information content (AvgIpc) is 3.63. The normalized spacial score (nSPS) is 11.6. The quantitative estimate of drug-likeness (QED) is 0.158. The van der Waals surface area contributed by atoms with E-state index >= 15 is 0 Å². The van der Waals surface area contributed by atoms with E-state index in [9.17, 15) is 0 Å². The number of aryl methyl sites for hydroxylation is 4. The molecule has 0 saturated heterocycles. The minimum Gasteiger partial charge on any atom is -0.509 e. The van der Waals surface area contributed by atoms with E-state index in [4.69, 9.17) is 14.8 Å². The largest absolute Gasteiger partial charge is 2.00 e. The summed E-state index contributed by atoms with van der Waals surface area (Å²) >= 11 is 0. The third kappa shape index (κ3) is 6.17. The molecule has 0 aliphatic heterocycles. The number of nitrogens with zero attached hydrogens (tertiary/aromatic N) is 4. The molecule has 4 aromatic carbocycles. The molecule has 0 bridgehead atoms. The summed E-state index contributed by atoms with van der Waals surface area (Å²) in [5.41, 5.74) is 11.1. The maximum atomic E-state index is 6.57. The zero-order valence-electron chi connectivity index (χ0n) is 27.9. The molecule has 6 heteroatoms. The van der Waals surface area contributed by atoms with Gasteiger partial charge < -0.3 is 9.30 Å². The monoisotopic (exact) mass is 797 g/mol. The van der Waals surface area contributed by atoms with Gasteiger partial charge >= 0.3 is 21.1 Å². The molecule has 3 heterocycles. The molecule has 0 unspecified atom stereocenters. The Morgan fingerprint density at radius 2 is 1.60 bits per heavy atom. The first-order valence-electron chi connectivity index (χ1n) is 15.9. The standard InChI is InChI=1S/C41H38N4O.Pt/c1-8-29-15-16-42-39(19-29)45-37-12-10-9-11-35(37)36-14-13-33(23-38(36)45)46-34-21-31(41(5,6)7)20-32(22-34)44-25-30(24-43-44)40-27(3)17-26(2)18-28(40)4;/h9-21,24-25H,8H2,1-7H3;/q-2;+2. The third-order valence-electron chi connectivity index (χ3n) is 8.72. The van der Waals surface area contributed by atoms with Crippen molar-refractivity contribution in [1.29, 1.82) is 0 Å². The molecule has 0 spiro atoms. The molecule has 47 heavy (non-hydrogen) atoms. The van der Waals surface area contributed by atoms with E-state index in [1.54, 1.807) is 0 Å². The zero-order chi connectivity index (χ0) is 32.2. The minimum atomic E-state index is -0.113. The van der Waals surface area contributed by atoms with Gasteiger partial charge in [-0.25, -0.2) is 4.98 Å². The van der Waals surface area contributed by atoms with E-state index in [-0.39, 0.29) is 26.5 Å². The summed E-state index contributed by atoms with van der Waals surface area (Å²) in [6.07, 6.45) is 6.84. The van der Waals surface area contributed by atoms with Gasteiger partial charge in [-0.2, -0.15) is 11.2 Å². The number of benzene rings is 4. The fourth-order valence-corrected chi connectivity index (χ4v) is 6.45. The Bertz CT molecular complexity index is 2230. The number of rotatable bonds is 6. The second-order valence-corrected chi connectivity index (χ2v) is 13.2. The van der Waals surface area contributed by atoms with Crippen LogP contribution in [-0.2, 0) is 32.9 Å². The van der Waals surface area contributed by atoms with Gasteiger partial charge in [-0.3, -0.25) is 4.68 Å². The molecule has 3 aromatic heterocycles. The van der Waals surface area contributed by atoms with Crippen LogP contribution in [0.15, 0.2) is 91.4 Å². The van der Waals surface area contributed by atoms with E-state index in [1.165, 1.54) is 27.8 Å². The Kier molecular flexibility index (Phi) is 8.72. The van der Waals surface area contributed by atoms with Crippen LogP contribution in [0.1, 0.15) is 55.5 Å². The Morgan fingerprint density at radius 3 is 2.34 bits per heavy atom. The van der Waals surface area contributed by atoms with Gasteiger partial charge in [0.2, 0.25) is 0 Å². The van der Waals surface area contributed by atoms with Crippen molar-refractivity contribution in [2.75, 3.05) is 0 Å². The number of aromatic nitrogens is 4. The first-order chi connectivity index (χ1) is 22.1. The number of hydrogen-bond acceptors (Lipinski definition) is 3. The second kappa shape index (κ2) is 12.6. The Balaban J connectivity index is 0.00000386. The molecule has 7 aromatic rings. The molecular weight excluding hydrogens is 760 g/mol. The summed E-state index contributed by atoms with van der Waals surface area (Å²) in [5, 5.41) is 7.03. The van der Waals surface area contributed by atoms with Crippen LogP contribution in [0.5, 0.6) is 11.5 Å².